The molecule has 1 saturated heterocycles. The molecule has 1 aliphatic heterocycles. The van der Waals surface area contributed by atoms with Gasteiger partial charge in [0, 0.05) is 6.42 Å². The normalized spacial score (nSPS) is 49.6. The van der Waals surface area contributed by atoms with Crippen LogP contribution < -0.4 is 0 Å². The summed E-state index contributed by atoms with van der Waals surface area (Å²) in [5.74, 6) is -0.754. The second-order valence-electron chi connectivity index (χ2n) is 6.64. The van der Waals surface area contributed by atoms with Gasteiger partial charge in [0.15, 0.2) is 5.78 Å². The highest BCUT2D eigenvalue weighted by atomic mass is 16.6. The molecule has 0 aromatic rings. The predicted molar refractivity (Wildman–Crippen MR) is 67.2 cm³/mol. The van der Waals surface area contributed by atoms with Crippen LogP contribution in [-0.4, -0.2) is 23.6 Å². The van der Waals surface area contributed by atoms with Crippen LogP contribution >= 0.6 is 0 Å². The zero-order valence-electron chi connectivity index (χ0n) is 11.6. The van der Waals surface area contributed by atoms with Crippen molar-refractivity contribution in [3.05, 3.63) is 0 Å². The van der Waals surface area contributed by atoms with Gasteiger partial charge in [0.05, 0.1) is 17.3 Å². The number of hydrogen-bond acceptors (Lipinski definition) is 4. The van der Waals surface area contributed by atoms with Crippen LogP contribution in [0, 0.1) is 29.1 Å². The molecule has 104 valence electrons. The Hall–Kier alpha value is -1.19. The van der Waals surface area contributed by atoms with Gasteiger partial charge in [0.2, 0.25) is 0 Å². The number of ketones is 2. The van der Waals surface area contributed by atoms with Gasteiger partial charge in [-0.25, -0.2) is 0 Å². The molecule has 6 atom stereocenters. The SMILES string of the molecule is C[C@@H]1C[C@H]2OC(=O)[C@@H](C)[C@H]2C(=O)[C@]2(C)C(=O)CC[C@@H]12. The lowest BCUT2D eigenvalue weighted by molar-refractivity contribution is -0.145. The minimum Gasteiger partial charge on any atom is -0.461 e. The van der Waals surface area contributed by atoms with Gasteiger partial charge in [-0.3, -0.25) is 14.4 Å². The molecule has 4 heteroatoms. The zero-order valence-corrected chi connectivity index (χ0v) is 11.6. The molecular formula is C15H20O4. The average Bonchev–Trinajstić information content (AvgIpc) is 2.77. The lowest BCUT2D eigenvalue weighted by Crippen LogP contribution is -2.43. The standard InChI is InChI=1S/C15H20O4/c1-7-6-10-12(8(2)14(18)19-10)13(17)15(3)9(7)4-5-11(15)16/h7-10,12H,4-6H2,1-3H3/t7-,8+,9+,10-,12-,15+/m1/s1. The van der Waals surface area contributed by atoms with E-state index in [0.29, 0.717) is 12.8 Å². The van der Waals surface area contributed by atoms with Crippen molar-refractivity contribution in [3.63, 3.8) is 0 Å². The summed E-state index contributed by atoms with van der Waals surface area (Å²) in [7, 11) is 0. The molecule has 0 aromatic heterocycles. The lowest BCUT2D eigenvalue weighted by atomic mass is 9.68. The van der Waals surface area contributed by atoms with Crippen LogP contribution in [0.5, 0.6) is 0 Å². The van der Waals surface area contributed by atoms with E-state index in [1.54, 1.807) is 13.8 Å². The summed E-state index contributed by atoms with van der Waals surface area (Å²) < 4.78 is 5.37. The molecule has 19 heavy (non-hydrogen) atoms. The second-order valence-corrected chi connectivity index (χ2v) is 6.64. The van der Waals surface area contributed by atoms with Gasteiger partial charge >= 0.3 is 5.97 Å². The number of ether oxygens (including phenoxy) is 1. The number of rotatable bonds is 0. The Morgan fingerprint density at radius 1 is 1.21 bits per heavy atom. The van der Waals surface area contributed by atoms with Gasteiger partial charge < -0.3 is 4.74 Å². The van der Waals surface area contributed by atoms with E-state index in [9.17, 15) is 14.4 Å². The molecule has 0 aromatic carbocycles. The summed E-state index contributed by atoms with van der Waals surface area (Å²) >= 11 is 0. The Balaban J connectivity index is 2.07. The third kappa shape index (κ3) is 1.49. The van der Waals surface area contributed by atoms with Crippen LogP contribution in [-0.2, 0) is 19.1 Å². The molecule has 0 radical (unpaired) electrons. The van der Waals surface area contributed by atoms with E-state index in [4.69, 9.17) is 4.74 Å². The van der Waals surface area contributed by atoms with Crippen molar-refractivity contribution >= 4 is 17.5 Å². The van der Waals surface area contributed by atoms with Gasteiger partial charge in [0.25, 0.3) is 0 Å². The predicted octanol–water partition coefficient (Wildman–Crippen LogP) is 1.76. The highest BCUT2D eigenvalue weighted by Gasteiger charge is 2.61. The van der Waals surface area contributed by atoms with E-state index in [0.717, 1.165) is 6.42 Å². The van der Waals surface area contributed by atoms with Crippen LogP contribution in [0.4, 0.5) is 0 Å². The molecule has 3 fully saturated rings. The minimum atomic E-state index is -0.888. The van der Waals surface area contributed by atoms with Gasteiger partial charge in [-0.05, 0) is 31.6 Å². The van der Waals surface area contributed by atoms with Crippen LogP contribution in [0.2, 0.25) is 0 Å². The number of esters is 1. The second kappa shape index (κ2) is 3.90. The van der Waals surface area contributed by atoms with Gasteiger partial charge in [0.1, 0.15) is 11.9 Å². The van der Waals surface area contributed by atoms with Crippen LogP contribution in [0.25, 0.3) is 0 Å². The monoisotopic (exact) mass is 264 g/mol. The largest absolute Gasteiger partial charge is 0.461 e. The van der Waals surface area contributed by atoms with Crippen molar-refractivity contribution in [2.45, 2.75) is 46.1 Å². The molecule has 3 rings (SSSR count). The molecule has 0 unspecified atom stereocenters. The Kier molecular flexibility index (Phi) is 2.63. The van der Waals surface area contributed by atoms with Crippen LogP contribution in [0.15, 0.2) is 0 Å². The Bertz CT molecular complexity index is 469. The molecule has 0 amide bonds. The maximum absolute atomic E-state index is 12.9. The zero-order chi connectivity index (χ0) is 13.9. The Labute approximate surface area is 112 Å². The van der Waals surface area contributed by atoms with Crippen LogP contribution in [0.1, 0.15) is 40.0 Å². The smallest absolute Gasteiger partial charge is 0.309 e. The Morgan fingerprint density at radius 3 is 2.58 bits per heavy atom. The quantitative estimate of drug-likeness (QED) is 0.494. The van der Waals surface area contributed by atoms with Crippen molar-refractivity contribution < 1.29 is 19.1 Å². The number of fused-ring (bicyclic) bond motifs is 2. The van der Waals surface area contributed by atoms with Crippen molar-refractivity contribution in [2.75, 3.05) is 0 Å². The summed E-state index contributed by atoms with van der Waals surface area (Å²) in [6, 6.07) is 0. The topological polar surface area (TPSA) is 60.4 Å². The summed E-state index contributed by atoms with van der Waals surface area (Å²) in [5.41, 5.74) is -0.888. The van der Waals surface area contributed by atoms with Gasteiger partial charge in [-0.1, -0.05) is 13.8 Å². The number of Topliss-reactive ketones (excluding diaryl/α,β-unsaturated/α-hetero) is 2. The molecule has 2 aliphatic carbocycles. The molecular weight excluding hydrogens is 244 g/mol. The van der Waals surface area contributed by atoms with Crippen molar-refractivity contribution in [2.24, 2.45) is 29.1 Å². The molecule has 0 N–H and O–H groups in total. The first-order chi connectivity index (χ1) is 8.87. The average molecular weight is 264 g/mol. The third-order valence-electron chi connectivity index (χ3n) is 5.69. The number of carbonyl (C=O) groups is 3. The third-order valence-corrected chi connectivity index (χ3v) is 5.69. The van der Waals surface area contributed by atoms with Crippen molar-refractivity contribution in [3.8, 4) is 0 Å². The number of carbonyl (C=O) groups excluding carboxylic acids is 3. The molecule has 1 heterocycles. The number of hydrogen-bond donors (Lipinski definition) is 0. The molecule has 2 saturated carbocycles. The molecule has 0 bridgehead atoms. The summed E-state index contributed by atoms with van der Waals surface area (Å²) in [4.78, 5) is 36.9. The van der Waals surface area contributed by atoms with Crippen LogP contribution in [0.3, 0.4) is 0 Å². The highest BCUT2D eigenvalue weighted by molar-refractivity contribution is 6.10. The maximum Gasteiger partial charge on any atom is 0.309 e. The summed E-state index contributed by atoms with van der Waals surface area (Å²) in [6.45, 7) is 5.62. The van der Waals surface area contributed by atoms with Crippen molar-refractivity contribution in [1.29, 1.82) is 0 Å². The van der Waals surface area contributed by atoms with E-state index in [1.807, 2.05) is 0 Å². The fourth-order valence-electron chi connectivity index (χ4n) is 4.48. The fraction of sp³-hybridized carbons (Fsp3) is 0.800. The fourth-order valence-corrected chi connectivity index (χ4v) is 4.48. The van der Waals surface area contributed by atoms with Crippen molar-refractivity contribution in [1.82, 2.24) is 0 Å². The van der Waals surface area contributed by atoms with E-state index < -0.39 is 17.3 Å². The molecule has 0 spiro atoms. The van der Waals surface area contributed by atoms with Gasteiger partial charge in [-0.15, -0.1) is 0 Å². The summed E-state index contributed by atoms with van der Waals surface area (Å²) in [5, 5.41) is 0. The first-order valence-corrected chi connectivity index (χ1v) is 7.15. The first-order valence-electron chi connectivity index (χ1n) is 7.15. The first kappa shape index (κ1) is 12.8. The molecule has 4 nitrogen and oxygen atoms in total. The van der Waals surface area contributed by atoms with E-state index >= 15 is 0 Å². The summed E-state index contributed by atoms with van der Waals surface area (Å²) in [6.07, 6.45) is 1.68. The van der Waals surface area contributed by atoms with E-state index in [-0.39, 0.29) is 35.5 Å². The maximum atomic E-state index is 12.9. The lowest BCUT2D eigenvalue weighted by Gasteiger charge is -2.31. The minimum absolute atomic E-state index is 0.0484. The van der Waals surface area contributed by atoms with E-state index in [2.05, 4.69) is 6.92 Å². The van der Waals surface area contributed by atoms with Gasteiger partial charge in [-0.2, -0.15) is 0 Å². The highest BCUT2D eigenvalue weighted by Crippen LogP contribution is 2.53. The molecule has 3 aliphatic rings. The Morgan fingerprint density at radius 2 is 1.89 bits per heavy atom. The van der Waals surface area contributed by atoms with E-state index in [1.165, 1.54) is 0 Å².